The minimum absolute atomic E-state index is 0.0140. The molecule has 0 N–H and O–H groups in total. The van der Waals surface area contributed by atoms with Gasteiger partial charge in [-0.15, -0.1) is 11.6 Å². The standard InChI is InChI=1S/C10H10ClNO4/c1-7(13)16-10(6-11)8-2-4-9(5-3-8)12(14)15/h2-5,10H,6H2,1H3. The molecule has 16 heavy (non-hydrogen) atoms. The normalized spacial score (nSPS) is 11.9. The van der Waals surface area contributed by atoms with Crippen LogP contribution in [0.4, 0.5) is 5.69 Å². The number of alkyl halides is 1. The fourth-order valence-corrected chi connectivity index (χ4v) is 1.44. The van der Waals surface area contributed by atoms with Gasteiger partial charge in [0.1, 0.15) is 6.10 Å². The second-order valence-electron chi connectivity index (χ2n) is 3.10. The minimum atomic E-state index is -0.569. The molecule has 6 heteroatoms. The molecule has 0 heterocycles. The fraction of sp³-hybridized carbons (Fsp3) is 0.300. The van der Waals surface area contributed by atoms with Crippen LogP contribution in [0.25, 0.3) is 0 Å². The zero-order valence-electron chi connectivity index (χ0n) is 8.55. The second-order valence-corrected chi connectivity index (χ2v) is 3.41. The Kier molecular flexibility index (Phi) is 4.25. The third kappa shape index (κ3) is 3.20. The van der Waals surface area contributed by atoms with Crippen LogP contribution in [0.15, 0.2) is 24.3 Å². The molecule has 0 spiro atoms. The highest BCUT2D eigenvalue weighted by molar-refractivity contribution is 6.18. The number of rotatable bonds is 4. The number of benzene rings is 1. The Labute approximate surface area is 97.1 Å². The highest BCUT2D eigenvalue weighted by atomic mass is 35.5. The van der Waals surface area contributed by atoms with Crippen LogP contribution in [0.1, 0.15) is 18.6 Å². The number of carbonyl (C=O) groups is 1. The van der Waals surface area contributed by atoms with Crippen molar-refractivity contribution in [3.05, 3.63) is 39.9 Å². The highest BCUT2D eigenvalue weighted by Gasteiger charge is 2.14. The Hall–Kier alpha value is -1.62. The van der Waals surface area contributed by atoms with Crippen LogP contribution in [-0.2, 0) is 9.53 Å². The summed E-state index contributed by atoms with van der Waals surface area (Å²) in [5.41, 5.74) is 0.621. The SMILES string of the molecule is CC(=O)OC(CCl)c1ccc([N+](=O)[O-])cc1. The van der Waals surface area contributed by atoms with Gasteiger partial charge in [-0.25, -0.2) is 0 Å². The Morgan fingerprint density at radius 3 is 2.44 bits per heavy atom. The van der Waals surface area contributed by atoms with Gasteiger partial charge in [-0.05, 0) is 17.7 Å². The first-order valence-corrected chi connectivity index (χ1v) is 5.05. The average Bonchev–Trinajstić information content (AvgIpc) is 2.25. The first-order valence-electron chi connectivity index (χ1n) is 4.52. The van der Waals surface area contributed by atoms with E-state index in [-0.39, 0.29) is 11.6 Å². The molecule has 1 rings (SSSR count). The Balaban J connectivity index is 2.86. The molecule has 0 radical (unpaired) electrons. The molecule has 0 amide bonds. The maximum Gasteiger partial charge on any atom is 0.303 e. The lowest BCUT2D eigenvalue weighted by Gasteiger charge is -2.13. The first-order chi connectivity index (χ1) is 7.54. The van der Waals surface area contributed by atoms with Crippen LogP contribution in [0.3, 0.4) is 0 Å². The molecule has 1 aromatic carbocycles. The maximum absolute atomic E-state index is 10.8. The first kappa shape index (κ1) is 12.4. The number of hydrogen-bond donors (Lipinski definition) is 0. The van der Waals surface area contributed by atoms with Crippen LogP contribution in [0.5, 0.6) is 0 Å². The molecule has 0 bridgehead atoms. The van der Waals surface area contributed by atoms with Gasteiger partial charge in [0.15, 0.2) is 0 Å². The number of non-ortho nitro benzene ring substituents is 1. The summed E-state index contributed by atoms with van der Waals surface area (Å²) in [5.74, 6) is -0.332. The Morgan fingerprint density at radius 1 is 1.50 bits per heavy atom. The lowest BCUT2D eigenvalue weighted by molar-refractivity contribution is -0.384. The summed E-state index contributed by atoms with van der Waals surface area (Å²) in [4.78, 5) is 20.7. The molecule has 5 nitrogen and oxygen atoms in total. The van der Waals surface area contributed by atoms with Gasteiger partial charge in [0.2, 0.25) is 0 Å². The fourth-order valence-electron chi connectivity index (χ4n) is 1.20. The maximum atomic E-state index is 10.8. The number of nitro groups is 1. The van der Waals surface area contributed by atoms with Crippen molar-refractivity contribution in [1.29, 1.82) is 0 Å². The molecule has 1 aromatic rings. The quantitative estimate of drug-likeness (QED) is 0.352. The summed E-state index contributed by atoms with van der Waals surface area (Å²) in [6.07, 6.45) is -0.569. The highest BCUT2D eigenvalue weighted by Crippen LogP contribution is 2.21. The summed E-state index contributed by atoms with van der Waals surface area (Å²) >= 11 is 5.64. The number of esters is 1. The van der Waals surface area contributed by atoms with Crippen LogP contribution in [0.2, 0.25) is 0 Å². The molecule has 1 atom stereocenters. The smallest absolute Gasteiger partial charge is 0.303 e. The van der Waals surface area contributed by atoms with Crippen molar-refractivity contribution in [2.45, 2.75) is 13.0 Å². The number of halogens is 1. The largest absolute Gasteiger partial charge is 0.456 e. The van der Waals surface area contributed by atoms with Gasteiger partial charge >= 0.3 is 5.97 Å². The molecule has 0 fully saturated rings. The lowest BCUT2D eigenvalue weighted by Crippen LogP contribution is -2.09. The number of ether oxygens (including phenoxy) is 1. The molecule has 0 aliphatic rings. The molecular formula is C10H10ClNO4. The third-order valence-electron chi connectivity index (χ3n) is 1.92. The van der Waals surface area contributed by atoms with E-state index >= 15 is 0 Å². The van der Waals surface area contributed by atoms with Crippen LogP contribution in [-0.4, -0.2) is 16.8 Å². The number of carbonyl (C=O) groups excluding carboxylic acids is 1. The second kappa shape index (κ2) is 5.46. The van der Waals surface area contributed by atoms with Gasteiger partial charge in [0, 0.05) is 19.1 Å². The zero-order chi connectivity index (χ0) is 12.1. The van der Waals surface area contributed by atoms with E-state index in [1.54, 1.807) is 0 Å². The molecule has 0 saturated carbocycles. The van der Waals surface area contributed by atoms with Crippen LogP contribution < -0.4 is 0 Å². The predicted octanol–water partition coefficient (Wildman–Crippen LogP) is 2.44. The van der Waals surface area contributed by atoms with Gasteiger partial charge in [-0.2, -0.15) is 0 Å². The number of nitro benzene ring substituents is 1. The monoisotopic (exact) mass is 243 g/mol. The van der Waals surface area contributed by atoms with E-state index in [2.05, 4.69) is 0 Å². The summed E-state index contributed by atoms with van der Waals surface area (Å²) in [5, 5.41) is 10.4. The van der Waals surface area contributed by atoms with E-state index in [4.69, 9.17) is 16.3 Å². The van der Waals surface area contributed by atoms with E-state index in [9.17, 15) is 14.9 Å². The summed E-state index contributed by atoms with van der Waals surface area (Å²) < 4.78 is 4.95. The summed E-state index contributed by atoms with van der Waals surface area (Å²) in [6, 6.07) is 5.74. The molecule has 86 valence electrons. The Bertz CT molecular complexity index is 390. The topological polar surface area (TPSA) is 69.4 Å². The van der Waals surface area contributed by atoms with Gasteiger partial charge in [0.05, 0.1) is 10.8 Å². The predicted molar refractivity (Wildman–Crippen MR) is 58.3 cm³/mol. The van der Waals surface area contributed by atoms with Crippen molar-refractivity contribution in [3.8, 4) is 0 Å². The van der Waals surface area contributed by atoms with Crippen molar-refractivity contribution in [2.75, 3.05) is 5.88 Å². The van der Waals surface area contributed by atoms with Crippen molar-refractivity contribution >= 4 is 23.3 Å². The molecule has 0 aliphatic carbocycles. The molecule has 0 saturated heterocycles. The van der Waals surface area contributed by atoms with Gasteiger partial charge in [-0.1, -0.05) is 0 Å². The van der Waals surface area contributed by atoms with E-state index in [1.165, 1.54) is 31.2 Å². The molecular weight excluding hydrogens is 234 g/mol. The van der Waals surface area contributed by atoms with Crippen molar-refractivity contribution in [3.63, 3.8) is 0 Å². The molecule has 0 aromatic heterocycles. The van der Waals surface area contributed by atoms with Crippen molar-refractivity contribution in [2.24, 2.45) is 0 Å². The summed E-state index contributed by atoms with van der Waals surface area (Å²) in [7, 11) is 0. The van der Waals surface area contributed by atoms with Gasteiger partial charge in [-0.3, -0.25) is 14.9 Å². The number of hydrogen-bond acceptors (Lipinski definition) is 4. The van der Waals surface area contributed by atoms with Gasteiger partial charge in [0.25, 0.3) is 5.69 Å². The minimum Gasteiger partial charge on any atom is -0.456 e. The van der Waals surface area contributed by atoms with E-state index in [1.807, 2.05) is 0 Å². The lowest BCUT2D eigenvalue weighted by atomic mass is 10.1. The third-order valence-corrected chi connectivity index (χ3v) is 2.20. The average molecular weight is 244 g/mol. The number of nitrogens with zero attached hydrogens (tertiary/aromatic N) is 1. The van der Waals surface area contributed by atoms with Crippen molar-refractivity contribution < 1.29 is 14.5 Å². The van der Waals surface area contributed by atoms with E-state index in [0.29, 0.717) is 5.56 Å². The van der Waals surface area contributed by atoms with Crippen LogP contribution in [0, 0.1) is 10.1 Å². The zero-order valence-corrected chi connectivity index (χ0v) is 9.31. The molecule has 0 aliphatic heterocycles. The summed E-state index contributed by atoms with van der Waals surface area (Å²) in [6.45, 7) is 1.28. The Morgan fingerprint density at radius 2 is 2.06 bits per heavy atom. The van der Waals surface area contributed by atoms with E-state index < -0.39 is 17.0 Å². The van der Waals surface area contributed by atoms with E-state index in [0.717, 1.165) is 0 Å². The van der Waals surface area contributed by atoms with Gasteiger partial charge < -0.3 is 4.74 Å². The van der Waals surface area contributed by atoms with Crippen LogP contribution >= 0.6 is 11.6 Å². The molecule has 1 unspecified atom stereocenters. The van der Waals surface area contributed by atoms with Crippen molar-refractivity contribution in [1.82, 2.24) is 0 Å².